The van der Waals surface area contributed by atoms with Gasteiger partial charge in [0, 0.05) is 35.9 Å². The summed E-state index contributed by atoms with van der Waals surface area (Å²) in [7, 11) is 3.78. The Balaban J connectivity index is 1.55. The summed E-state index contributed by atoms with van der Waals surface area (Å²) in [6, 6.07) is 13.4. The van der Waals surface area contributed by atoms with Crippen LogP contribution in [0.4, 0.5) is 26.1 Å². The van der Waals surface area contributed by atoms with Crippen LogP contribution in [0, 0.1) is 11.6 Å². The molecule has 39 heavy (non-hydrogen) atoms. The molecule has 0 aliphatic heterocycles. The molecule has 3 heterocycles. The van der Waals surface area contributed by atoms with Crippen LogP contribution >= 0.6 is 11.6 Å². The zero-order valence-corrected chi connectivity index (χ0v) is 21.6. The van der Waals surface area contributed by atoms with Crippen LogP contribution in [0.1, 0.15) is 5.69 Å². The van der Waals surface area contributed by atoms with Gasteiger partial charge in [-0.25, -0.2) is 18.7 Å². The molecule has 9 nitrogen and oxygen atoms in total. The number of pyridine rings is 2. The van der Waals surface area contributed by atoms with E-state index in [9.17, 15) is 13.6 Å². The van der Waals surface area contributed by atoms with Gasteiger partial charge >= 0.3 is 0 Å². The highest BCUT2D eigenvalue weighted by molar-refractivity contribution is 6.34. The van der Waals surface area contributed by atoms with E-state index >= 15 is 0 Å². The molecular weight excluding hydrogens is 528 g/mol. The van der Waals surface area contributed by atoms with Crippen molar-refractivity contribution < 1.29 is 13.5 Å². The second kappa shape index (κ2) is 10.6. The molecule has 5 rings (SSSR count). The molecule has 3 aromatic heterocycles. The molecule has 0 aliphatic rings. The maximum atomic E-state index is 15.0. The van der Waals surface area contributed by atoms with Crippen molar-refractivity contribution in [3.8, 4) is 17.3 Å². The van der Waals surface area contributed by atoms with Crippen LogP contribution in [0.15, 0.2) is 71.9 Å². The highest BCUT2D eigenvalue weighted by Crippen LogP contribution is 2.33. The summed E-state index contributed by atoms with van der Waals surface area (Å²) in [6.45, 7) is 0.461. The van der Waals surface area contributed by atoms with Gasteiger partial charge in [0.2, 0.25) is 5.88 Å². The smallest absolute Gasteiger partial charge is 0.266 e. The third kappa shape index (κ3) is 5.35. The number of ether oxygens (including phenoxy) is 1. The van der Waals surface area contributed by atoms with Crippen LogP contribution in [-0.4, -0.2) is 38.5 Å². The van der Waals surface area contributed by atoms with Crippen LogP contribution < -0.4 is 21.3 Å². The van der Waals surface area contributed by atoms with Crippen molar-refractivity contribution in [1.29, 1.82) is 0 Å². The lowest BCUT2D eigenvalue weighted by Crippen LogP contribution is -2.26. The fraction of sp³-hybridized carbons (Fsp3) is 0.111. The Morgan fingerprint density at radius 3 is 2.54 bits per heavy atom. The minimum Gasteiger partial charge on any atom is -0.434 e. The number of nitrogen functional groups attached to an aromatic ring is 1. The normalized spacial score (nSPS) is 11.2. The molecule has 0 radical (unpaired) electrons. The number of nitrogens with one attached hydrogen (secondary N) is 1. The van der Waals surface area contributed by atoms with Crippen molar-refractivity contribution in [2.75, 3.05) is 25.1 Å². The molecule has 0 saturated heterocycles. The number of fused-ring (bicyclic) bond motifs is 1. The molecule has 0 unspecified atom stereocenters. The van der Waals surface area contributed by atoms with E-state index in [0.717, 1.165) is 6.33 Å². The lowest BCUT2D eigenvalue weighted by molar-refractivity contribution is 0.392. The van der Waals surface area contributed by atoms with E-state index in [2.05, 4.69) is 20.3 Å². The van der Waals surface area contributed by atoms with Crippen molar-refractivity contribution in [2.45, 2.75) is 6.54 Å². The van der Waals surface area contributed by atoms with Crippen molar-refractivity contribution in [3.05, 3.63) is 99.8 Å². The number of benzene rings is 2. The monoisotopic (exact) mass is 549 g/mol. The molecule has 198 valence electrons. The fourth-order valence-electron chi connectivity index (χ4n) is 4.06. The average molecular weight is 550 g/mol. The first kappa shape index (κ1) is 26.0. The second-order valence-corrected chi connectivity index (χ2v) is 9.24. The number of rotatable bonds is 7. The predicted octanol–water partition coefficient (Wildman–Crippen LogP) is 5.29. The van der Waals surface area contributed by atoms with E-state index in [1.165, 1.54) is 41.0 Å². The van der Waals surface area contributed by atoms with E-state index in [1.54, 1.807) is 18.3 Å². The van der Waals surface area contributed by atoms with Crippen LogP contribution in [0.3, 0.4) is 0 Å². The van der Waals surface area contributed by atoms with Gasteiger partial charge < -0.3 is 20.7 Å². The van der Waals surface area contributed by atoms with Gasteiger partial charge in [0.05, 0.1) is 5.39 Å². The summed E-state index contributed by atoms with van der Waals surface area (Å²) in [6.07, 6.45) is 2.71. The molecule has 2 aromatic carbocycles. The zero-order valence-electron chi connectivity index (χ0n) is 20.8. The number of halogens is 3. The first-order chi connectivity index (χ1) is 18.7. The van der Waals surface area contributed by atoms with Gasteiger partial charge in [0.1, 0.15) is 28.8 Å². The summed E-state index contributed by atoms with van der Waals surface area (Å²) in [5, 5.41) is 3.92. The maximum absolute atomic E-state index is 15.0. The van der Waals surface area contributed by atoms with E-state index in [1.807, 2.05) is 25.1 Å². The summed E-state index contributed by atoms with van der Waals surface area (Å²) in [5.41, 5.74) is 6.82. The zero-order chi connectivity index (χ0) is 27.7. The van der Waals surface area contributed by atoms with Crippen LogP contribution in [0.2, 0.25) is 5.02 Å². The Bertz CT molecular complexity index is 1740. The van der Waals surface area contributed by atoms with Gasteiger partial charge in [-0.15, -0.1) is 0 Å². The molecule has 0 saturated carbocycles. The summed E-state index contributed by atoms with van der Waals surface area (Å²) in [5.74, 6) is -1.13. The molecule has 0 atom stereocenters. The largest absolute Gasteiger partial charge is 0.434 e. The molecule has 3 N–H and O–H groups in total. The number of nitrogens with zero attached hydrogens (tertiary/aromatic N) is 5. The molecule has 0 amide bonds. The standard InChI is InChI=1S/C27H22ClF2N7O2/c1-36(2)13-19-11-15-9-10-32-25(22(15)27(38)37(19)18-6-3-16(29)4-7-18)35-17-5-8-21(20(30)12-17)39-26-23(28)24(31)33-14-34-26/h3-12,14H,13H2,1-2H3,(H,32,35)(H2,31,33,34). The topological polar surface area (TPSA) is 111 Å². The Morgan fingerprint density at radius 2 is 1.82 bits per heavy atom. The third-order valence-corrected chi connectivity index (χ3v) is 6.11. The number of aromatic nitrogens is 4. The Labute approximate surface area is 226 Å². The van der Waals surface area contributed by atoms with E-state index in [4.69, 9.17) is 22.1 Å². The van der Waals surface area contributed by atoms with Crippen LogP contribution in [0.25, 0.3) is 16.5 Å². The summed E-state index contributed by atoms with van der Waals surface area (Å²) < 4.78 is 35.6. The second-order valence-electron chi connectivity index (χ2n) is 8.86. The third-order valence-electron chi connectivity index (χ3n) is 5.76. The summed E-state index contributed by atoms with van der Waals surface area (Å²) in [4.78, 5) is 27.7. The van der Waals surface area contributed by atoms with Crippen LogP contribution in [0.5, 0.6) is 11.6 Å². The number of hydrogen-bond donors (Lipinski definition) is 2. The lowest BCUT2D eigenvalue weighted by atomic mass is 10.1. The number of anilines is 3. The van der Waals surface area contributed by atoms with Gasteiger partial charge in [-0.1, -0.05) is 11.6 Å². The average Bonchev–Trinajstić information content (AvgIpc) is 2.89. The van der Waals surface area contributed by atoms with E-state index < -0.39 is 11.6 Å². The Kier molecular flexibility index (Phi) is 7.09. The number of nitrogens with two attached hydrogens (primary N) is 1. The molecule has 0 aliphatic carbocycles. The quantitative estimate of drug-likeness (QED) is 0.282. The lowest BCUT2D eigenvalue weighted by Gasteiger charge is -2.19. The number of hydrogen-bond acceptors (Lipinski definition) is 8. The first-order valence-electron chi connectivity index (χ1n) is 11.7. The van der Waals surface area contributed by atoms with E-state index in [0.29, 0.717) is 29.0 Å². The summed E-state index contributed by atoms with van der Waals surface area (Å²) >= 11 is 6.04. The van der Waals surface area contributed by atoms with Gasteiger partial charge in [0.25, 0.3) is 5.56 Å². The van der Waals surface area contributed by atoms with Crippen molar-refractivity contribution in [3.63, 3.8) is 0 Å². The maximum Gasteiger partial charge on any atom is 0.266 e. The van der Waals surface area contributed by atoms with Gasteiger partial charge in [-0.2, -0.15) is 4.98 Å². The Morgan fingerprint density at radius 1 is 1.05 bits per heavy atom. The van der Waals surface area contributed by atoms with Crippen molar-refractivity contribution >= 4 is 39.7 Å². The molecular formula is C27H22ClF2N7O2. The fourth-order valence-corrected chi connectivity index (χ4v) is 4.19. The Hall–Kier alpha value is -4.61. The predicted molar refractivity (Wildman–Crippen MR) is 146 cm³/mol. The van der Waals surface area contributed by atoms with E-state index in [-0.39, 0.29) is 39.2 Å². The van der Waals surface area contributed by atoms with Gasteiger partial charge in [0.15, 0.2) is 11.6 Å². The van der Waals surface area contributed by atoms with Crippen LogP contribution in [-0.2, 0) is 6.54 Å². The molecule has 12 heteroatoms. The van der Waals surface area contributed by atoms with Crippen molar-refractivity contribution in [1.82, 2.24) is 24.4 Å². The molecule has 5 aromatic rings. The highest BCUT2D eigenvalue weighted by Gasteiger charge is 2.17. The SMILES string of the molecule is CN(C)Cc1cc2ccnc(Nc3ccc(Oc4ncnc(N)c4Cl)c(F)c3)c2c(=O)n1-c1ccc(F)cc1. The minimum absolute atomic E-state index is 0.00224. The van der Waals surface area contributed by atoms with Gasteiger partial charge in [-0.05, 0) is 68.0 Å². The molecule has 0 spiro atoms. The van der Waals surface area contributed by atoms with Gasteiger partial charge in [-0.3, -0.25) is 9.36 Å². The molecule has 0 fully saturated rings. The van der Waals surface area contributed by atoms with Crippen molar-refractivity contribution in [2.24, 2.45) is 0 Å². The first-order valence-corrected chi connectivity index (χ1v) is 12.0. The molecule has 0 bridgehead atoms. The highest BCUT2D eigenvalue weighted by atomic mass is 35.5. The minimum atomic E-state index is -0.717.